The van der Waals surface area contributed by atoms with Crippen molar-refractivity contribution in [1.82, 2.24) is 10.2 Å². The zero-order valence-electron chi connectivity index (χ0n) is 12.8. The Balaban J connectivity index is 2.12. The van der Waals surface area contributed by atoms with Gasteiger partial charge in [0, 0.05) is 17.7 Å². The minimum atomic E-state index is -4.81. The monoisotopic (exact) mass is 384 g/mol. The van der Waals surface area contributed by atoms with Gasteiger partial charge in [-0.25, -0.2) is 0 Å². The molecule has 140 valence electrons. The molecule has 0 aliphatic heterocycles. The molecule has 0 atom stereocenters. The Labute approximate surface area is 146 Å². The SMILES string of the molecule is O=[N+]([O-])c1cc(-c2nnc(-c3c[n+]([O-])ccc3C(F)(F)F)o2)cc(O)c1O. The first kappa shape index (κ1) is 17.9. The van der Waals surface area contributed by atoms with E-state index in [1.165, 1.54) is 0 Å². The lowest BCUT2D eigenvalue weighted by Crippen LogP contribution is -2.26. The van der Waals surface area contributed by atoms with Crippen molar-refractivity contribution < 1.29 is 37.5 Å². The van der Waals surface area contributed by atoms with Crippen LogP contribution in [0, 0.1) is 15.3 Å². The lowest BCUT2D eigenvalue weighted by Gasteiger charge is -2.09. The molecule has 0 bridgehead atoms. The standard InChI is InChI=1S/C14H7F3N4O6/c15-14(16,17)8-1-2-20(24)5-7(8)13-19-18-12(27-13)6-3-9(21(25)26)11(23)10(22)4-6/h1-5,22-23H. The van der Waals surface area contributed by atoms with E-state index >= 15 is 0 Å². The number of nitrogens with zero attached hydrogens (tertiary/aromatic N) is 4. The first-order chi connectivity index (χ1) is 12.6. The zero-order valence-corrected chi connectivity index (χ0v) is 12.8. The second-order valence-electron chi connectivity index (χ2n) is 5.16. The van der Waals surface area contributed by atoms with Crippen LogP contribution in [0.4, 0.5) is 18.9 Å². The fraction of sp³-hybridized carbons (Fsp3) is 0.0714. The molecule has 0 aliphatic rings. The highest BCUT2D eigenvalue weighted by molar-refractivity contribution is 5.68. The number of hydrogen-bond donors (Lipinski definition) is 2. The number of phenolic OH excluding ortho intramolecular Hbond substituents is 2. The molecule has 2 N–H and O–H groups in total. The Morgan fingerprint density at radius 2 is 1.85 bits per heavy atom. The van der Waals surface area contributed by atoms with E-state index in [1.807, 2.05) is 0 Å². The van der Waals surface area contributed by atoms with Crippen molar-refractivity contribution in [2.24, 2.45) is 0 Å². The van der Waals surface area contributed by atoms with Gasteiger partial charge in [0.25, 0.3) is 5.89 Å². The number of rotatable bonds is 3. The molecule has 3 rings (SSSR count). The molecule has 1 aromatic carbocycles. The van der Waals surface area contributed by atoms with Gasteiger partial charge in [-0.15, -0.1) is 10.2 Å². The molecular weight excluding hydrogens is 377 g/mol. The summed E-state index contributed by atoms with van der Waals surface area (Å²) in [5, 5.41) is 48.1. The lowest BCUT2D eigenvalue weighted by atomic mass is 10.1. The van der Waals surface area contributed by atoms with E-state index in [0.29, 0.717) is 18.5 Å². The van der Waals surface area contributed by atoms with E-state index in [4.69, 9.17) is 4.42 Å². The maximum Gasteiger partial charge on any atom is 0.417 e. The molecule has 2 heterocycles. The molecule has 13 heteroatoms. The van der Waals surface area contributed by atoms with Gasteiger partial charge < -0.3 is 19.8 Å². The van der Waals surface area contributed by atoms with E-state index in [1.54, 1.807) is 0 Å². The summed E-state index contributed by atoms with van der Waals surface area (Å²) in [6.07, 6.45) is -3.59. The number of pyridine rings is 1. The van der Waals surface area contributed by atoms with Crippen LogP contribution < -0.4 is 4.73 Å². The third-order valence-electron chi connectivity index (χ3n) is 3.41. The summed E-state index contributed by atoms with van der Waals surface area (Å²) in [5.41, 5.74) is -3.01. The number of hydrogen-bond acceptors (Lipinski definition) is 8. The Kier molecular flexibility index (Phi) is 4.06. The Morgan fingerprint density at radius 3 is 2.48 bits per heavy atom. The normalized spacial score (nSPS) is 11.5. The number of nitro groups is 1. The molecule has 3 aromatic rings. The smallest absolute Gasteiger partial charge is 0.417 e. The predicted octanol–water partition coefficient (Wildman–Crippen LogP) is 2.38. The largest absolute Gasteiger partial charge is 0.619 e. The van der Waals surface area contributed by atoms with E-state index in [2.05, 4.69) is 10.2 Å². The van der Waals surface area contributed by atoms with Crippen molar-refractivity contribution in [2.75, 3.05) is 0 Å². The molecule has 27 heavy (non-hydrogen) atoms. The topological polar surface area (TPSA) is 149 Å². The number of phenols is 2. The van der Waals surface area contributed by atoms with E-state index < -0.39 is 51.2 Å². The predicted molar refractivity (Wildman–Crippen MR) is 79.1 cm³/mol. The first-order valence-electron chi connectivity index (χ1n) is 6.92. The van der Waals surface area contributed by atoms with Crippen LogP contribution in [0.5, 0.6) is 11.5 Å². The fourth-order valence-electron chi connectivity index (χ4n) is 2.21. The molecule has 0 radical (unpaired) electrons. The lowest BCUT2D eigenvalue weighted by molar-refractivity contribution is -0.605. The maximum atomic E-state index is 13.1. The molecule has 0 unspecified atom stereocenters. The van der Waals surface area contributed by atoms with Gasteiger partial charge in [0.05, 0.1) is 10.5 Å². The Hall–Kier alpha value is -3.90. The van der Waals surface area contributed by atoms with E-state index in [9.17, 15) is 38.7 Å². The van der Waals surface area contributed by atoms with Gasteiger partial charge >= 0.3 is 11.9 Å². The summed E-state index contributed by atoms with van der Waals surface area (Å²) in [4.78, 5) is 9.89. The minimum absolute atomic E-state index is 0.103. The fourth-order valence-corrected chi connectivity index (χ4v) is 2.21. The van der Waals surface area contributed by atoms with Gasteiger partial charge in [-0.2, -0.15) is 17.9 Å². The van der Waals surface area contributed by atoms with Gasteiger partial charge in [0.2, 0.25) is 11.6 Å². The second kappa shape index (κ2) is 6.12. The highest BCUT2D eigenvalue weighted by Crippen LogP contribution is 2.40. The van der Waals surface area contributed by atoms with Crippen molar-refractivity contribution in [3.63, 3.8) is 0 Å². The molecule has 0 amide bonds. The summed E-state index contributed by atoms with van der Waals surface area (Å²) in [5.74, 6) is -3.01. The van der Waals surface area contributed by atoms with Crippen LogP contribution in [0.2, 0.25) is 0 Å². The van der Waals surface area contributed by atoms with Crippen LogP contribution in [0.3, 0.4) is 0 Å². The van der Waals surface area contributed by atoms with Crippen LogP contribution in [0.1, 0.15) is 5.56 Å². The van der Waals surface area contributed by atoms with Crippen molar-refractivity contribution in [3.05, 3.63) is 51.5 Å². The molecule has 10 nitrogen and oxygen atoms in total. The molecule has 0 aliphatic carbocycles. The number of aromatic hydroxyl groups is 2. The highest BCUT2D eigenvalue weighted by atomic mass is 19.4. The molecule has 0 spiro atoms. The van der Waals surface area contributed by atoms with Gasteiger partial charge in [-0.05, 0) is 6.07 Å². The van der Waals surface area contributed by atoms with E-state index in [0.717, 1.165) is 12.1 Å². The van der Waals surface area contributed by atoms with Crippen LogP contribution >= 0.6 is 0 Å². The van der Waals surface area contributed by atoms with Crippen LogP contribution in [-0.4, -0.2) is 25.3 Å². The third-order valence-corrected chi connectivity index (χ3v) is 3.41. The first-order valence-corrected chi connectivity index (χ1v) is 6.92. The molecule has 2 aromatic heterocycles. The summed E-state index contributed by atoms with van der Waals surface area (Å²) >= 11 is 0. The van der Waals surface area contributed by atoms with Crippen molar-refractivity contribution in [2.45, 2.75) is 6.18 Å². The average Bonchev–Trinajstić information content (AvgIpc) is 3.05. The molecule has 0 fully saturated rings. The van der Waals surface area contributed by atoms with Crippen molar-refractivity contribution in [1.29, 1.82) is 0 Å². The number of nitro benzene ring substituents is 1. The van der Waals surface area contributed by atoms with Crippen LogP contribution in [0.15, 0.2) is 35.0 Å². The van der Waals surface area contributed by atoms with E-state index in [-0.39, 0.29) is 10.3 Å². The van der Waals surface area contributed by atoms with Crippen LogP contribution in [0.25, 0.3) is 22.9 Å². The van der Waals surface area contributed by atoms with Crippen LogP contribution in [-0.2, 0) is 6.18 Å². The number of alkyl halides is 3. The molecule has 0 saturated heterocycles. The summed E-state index contributed by atoms with van der Waals surface area (Å²) in [6, 6.07) is 2.17. The van der Waals surface area contributed by atoms with Gasteiger partial charge in [-0.1, -0.05) is 0 Å². The quantitative estimate of drug-likeness (QED) is 0.230. The Bertz CT molecular complexity index is 1050. The minimum Gasteiger partial charge on any atom is -0.619 e. The summed E-state index contributed by atoms with van der Waals surface area (Å²) in [6.45, 7) is 0. The average molecular weight is 384 g/mol. The van der Waals surface area contributed by atoms with Gasteiger partial charge in [-0.3, -0.25) is 10.1 Å². The molecular formula is C14H7F3N4O6. The zero-order chi connectivity index (χ0) is 19.9. The van der Waals surface area contributed by atoms with Crippen molar-refractivity contribution >= 4 is 5.69 Å². The number of benzene rings is 1. The Morgan fingerprint density at radius 1 is 1.19 bits per heavy atom. The highest BCUT2D eigenvalue weighted by Gasteiger charge is 2.37. The summed E-state index contributed by atoms with van der Waals surface area (Å²) in [7, 11) is 0. The molecule has 0 saturated carbocycles. The maximum absolute atomic E-state index is 13.1. The number of halogens is 3. The van der Waals surface area contributed by atoms with Crippen molar-refractivity contribution in [3.8, 4) is 34.4 Å². The van der Waals surface area contributed by atoms with Gasteiger partial charge in [0.1, 0.15) is 5.56 Å². The third kappa shape index (κ3) is 3.29. The number of aromatic nitrogens is 3. The van der Waals surface area contributed by atoms with Gasteiger partial charge in [0.15, 0.2) is 18.1 Å². The summed E-state index contributed by atoms with van der Waals surface area (Å²) < 4.78 is 44.5. The second-order valence-corrected chi connectivity index (χ2v) is 5.16.